The third-order valence-corrected chi connectivity index (χ3v) is 3.30. The second-order valence-electron chi connectivity index (χ2n) is 5.15. The minimum atomic E-state index is 0.0875. The van der Waals surface area contributed by atoms with E-state index in [1.807, 2.05) is 11.8 Å². The van der Waals surface area contributed by atoms with Crippen LogP contribution in [0.3, 0.4) is 0 Å². The Morgan fingerprint density at radius 1 is 1.40 bits per heavy atom. The van der Waals surface area contributed by atoms with Gasteiger partial charge in [-0.05, 0) is 31.6 Å². The number of nitrogens with two attached hydrogens (primary N) is 1. The van der Waals surface area contributed by atoms with Gasteiger partial charge in [0, 0.05) is 25.6 Å². The van der Waals surface area contributed by atoms with Gasteiger partial charge in [-0.15, -0.1) is 0 Å². The molecule has 0 aromatic rings. The van der Waals surface area contributed by atoms with Gasteiger partial charge in [-0.3, -0.25) is 4.79 Å². The van der Waals surface area contributed by atoms with Gasteiger partial charge >= 0.3 is 0 Å². The maximum Gasteiger partial charge on any atom is 0.222 e. The van der Waals surface area contributed by atoms with Crippen molar-refractivity contribution < 1.29 is 4.79 Å². The van der Waals surface area contributed by atoms with Crippen LogP contribution in [0.5, 0.6) is 0 Å². The zero-order chi connectivity index (χ0) is 11.4. The molecule has 2 atom stereocenters. The average Bonchev–Trinajstić information content (AvgIpc) is 2.29. The van der Waals surface area contributed by atoms with E-state index in [1.54, 1.807) is 0 Å². The van der Waals surface area contributed by atoms with Crippen molar-refractivity contribution in [3.63, 3.8) is 0 Å². The molecule has 0 radical (unpaired) electrons. The molecule has 1 heterocycles. The SMILES string of the molecule is CC(N)CN1CCC(C(C)C)CCC1=O. The lowest BCUT2D eigenvalue weighted by atomic mass is 9.89. The van der Waals surface area contributed by atoms with Gasteiger partial charge in [0.25, 0.3) is 0 Å². The number of likely N-dealkylation sites (tertiary alicyclic amines) is 1. The first-order valence-corrected chi connectivity index (χ1v) is 6.04. The van der Waals surface area contributed by atoms with E-state index >= 15 is 0 Å². The largest absolute Gasteiger partial charge is 0.341 e. The second-order valence-corrected chi connectivity index (χ2v) is 5.15. The van der Waals surface area contributed by atoms with E-state index in [4.69, 9.17) is 5.73 Å². The third kappa shape index (κ3) is 3.82. The van der Waals surface area contributed by atoms with E-state index in [1.165, 1.54) is 0 Å². The van der Waals surface area contributed by atoms with Crippen molar-refractivity contribution in [2.45, 2.75) is 46.1 Å². The fourth-order valence-corrected chi connectivity index (χ4v) is 2.27. The molecule has 2 N–H and O–H groups in total. The van der Waals surface area contributed by atoms with Gasteiger partial charge in [-0.2, -0.15) is 0 Å². The lowest BCUT2D eigenvalue weighted by Crippen LogP contribution is -2.39. The van der Waals surface area contributed by atoms with Gasteiger partial charge in [0.05, 0.1) is 0 Å². The summed E-state index contributed by atoms with van der Waals surface area (Å²) in [5, 5.41) is 0. The Hall–Kier alpha value is -0.570. The van der Waals surface area contributed by atoms with Crippen molar-refractivity contribution in [1.29, 1.82) is 0 Å². The first kappa shape index (κ1) is 12.5. The predicted octanol–water partition coefficient (Wildman–Crippen LogP) is 1.62. The third-order valence-electron chi connectivity index (χ3n) is 3.30. The molecule has 1 aliphatic heterocycles. The highest BCUT2D eigenvalue weighted by Crippen LogP contribution is 2.24. The Balaban J connectivity index is 2.51. The lowest BCUT2D eigenvalue weighted by Gasteiger charge is -2.23. The molecular formula is C12H24N2O. The van der Waals surface area contributed by atoms with E-state index in [9.17, 15) is 4.79 Å². The number of nitrogens with zero attached hydrogens (tertiary/aromatic N) is 1. The number of hydrogen-bond acceptors (Lipinski definition) is 2. The van der Waals surface area contributed by atoms with Crippen molar-refractivity contribution >= 4 is 5.91 Å². The highest BCUT2D eigenvalue weighted by Gasteiger charge is 2.24. The summed E-state index contributed by atoms with van der Waals surface area (Å²) < 4.78 is 0. The van der Waals surface area contributed by atoms with Crippen LogP contribution in [0, 0.1) is 11.8 Å². The number of rotatable bonds is 3. The molecule has 1 aliphatic rings. The van der Waals surface area contributed by atoms with Gasteiger partial charge in [0.1, 0.15) is 0 Å². The fourth-order valence-electron chi connectivity index (χ4n) is 2.27. The Morgan fingerprint density at radius 2 is 2.07 bits per heavy atom. The summed E-state index contributed by atoms with van der Waals surface area (Å²) in [4.78, 5) is 13.7. The van der Waals surface area contributed by atoms with E-state index in [-0.39, 0.29) is 11.9 Å². The molecule has 0 aromatic heterocycles. The van der Waals surface area contributed by atoms with Crippen LogP contribution in [0.2, 0.25) is 0 Å². The molecule has 2 unspecified atom stereocenters. The zero-order valence-corrected chi connectivity index (χ0v) is 10.2. The molecule has 3 nitrogen and oxygen atoms in total. The maximum absolute atomic E-state index is 11.8. The zero-order valence-electron chi connectivity index (χ0n) is 10.2. The molecule has 3 heteroatoms. The van der Waals surface area contributed by atoms with Gasteiger partial charge < -0.3 is 10.6 Å². The van der Waals surface area contributed by atoms with Crippen LogP contribution in [0.25, 0.3) is 0 Å². The van der Waals surface area contributed by atoms with Crippen molar-refractivity contribution in [3.05, 3.63) is 0 Å². The molecule has 0 saturated carbocycles. The topological polar surface area (TPSA) is 46.3 Å². The molecule has 1 fully saturated rings. The summed E-state index contributed by atoms with van der Waals surface area (Å²) in [6.45, 7) is 8.05. The summed E-state index contributed by atoms with van der Waals surface area (Å²) >= 11 is 0. The summed E-state index contributed by atoms with van der Waals surface area (Å²) in [6, 6.07) is 0.0875. The molecule has 0 aromatic carbocycles. The first-order valence-electron chi connectivity index (χ1n) is 6.04. The number of carbonyl (C=O) groups is 1. The molecule has 1 saturated heterocycles. The summed E-state index contributed by atoms with van der Waals surface area (Å²) in [5.74, 6) is 1.68. The highest BCUT2D eigenvalue weighted by molar-refractivity contribution is 5.76. The molecule has 1 amide bonds. The Bertz CT molecular complexity index is 214. The van der Waals surface area contributed by atoms with Gasteiger partial charge in [-0.25, -0.2) is 0 Å². The Morgan fingerprint density at radius 3 is 2.60 bits per heavy atom. The van der Waals surface area contributed by atoms with Crippen LogP contribution in [0.15, 0.2) is 0 Å². The van der Waals surface area contributed by atoms with Crippen LogP contribution in [0.4, 0.5) is 0 Å². The van der Waals surface area contributed by atoms with Crippen LogP contribution < -0.4 is 5.73 Å². The van der Waals surface area contributed by atoms with Crippen molar-refractivity contribution in [3.8, 4) is 0 Å². The van der Waals surface area contributed by atoms with Crippen LogP contribution in [0.1, 0.15) is 40.0 Å². The molecular weight excluding hydrogens is 188 g/mol. The average molecular weight is 212 g/mol. The van der Waals surface area contributed by atoms with Gasteiger partial charge in [0.15, 0.2) is 0 Å². The summed E-state index contributed by atoms with van der Waals surface area (Å²) in [6.07, 6.45) is 2.89. The van der Waals surface area contributed by atoms with E-state index in [0.29, 0.717) is 24.8 Å². The highest BCUT2D eigenvalue weighted by atomic mass is 16.2. The van der Waals surface area contributed by atoms with Crippen molar-refractivity contribution in [1.82, 2.24) is 4.90 Å². The summed E-state index contributed by atoms with van der Waals surface area (Å²) in [5.41, 5.74) is 5.74. The van der Waals surface area contributed by atoms with Crippen LogP contribution in [-0.2, 0) is 4.79 Å². The maximum atomic E-state index is 11.8. The molecule has 0 bridgehead atoms. The number of carbonyl (C=O) groups excluding carboxylic acids is 1. The second kappa shape index (κ2) is 5.50. The minimum Gasteiger partial charge on any atom is -0.341 e. The van der Waals surface area contributed by atoms with Crippen molar-refractivity contribution in [2.75, 3.05) is 13.1 Å². The van der Waals surface area contributed by atoms with Gasteiger partial charge in [-0.1, -0.05) is 13.8 Å². The van der Waals surface area contributed by atoms with E-state index in [0.717, 1.165) is 19.4 Å². The smallest absolute Gasteiger partial charge is 0.222 e. The quantitative estimate of drug-likeness (QED) is 0.772. The first-order chi connectivity index (χ1) is 7.00. The standard InChI is InChI=1S/C12H24N2O/c1-9(2)11-4-5-12(15)14(7-6-11)8-10(3)13/h9-11H,4-8,13H2,1-3H3. The Labute approximate surface area is 93.0 Å². The molecule has 88 valence electrons. The van der Waals surface area contributed by atoms with E-state index < -0.39 is 0 Å². The fraction of sp³-hybridized carbons (Fsp3) is 0.917. The molecule has 1 rings (SSSR count). The number of amides is 1. The molecule has 15 heavy (non-hydrogen) atoms. The lowest BCUT2D eigenvalue weighted by molar-refractivity contribution is -0.130. The normalized spacial score (nSPS) is 25.5. The summed E-state index contributed by atoms with van der Waals surface area (Å²) in [7, 11) is 0. The van der Waals surface area contributed by atoms with Crippen LogP contribution >= 0.6 is 0 Å². The van der Waals surface area contributed by atoms with Crippen molar-refractivity contribution in [2.24, 2.45) is 17.6 Å². The monoisotopic (exact) mass is 212 g/mol. The number of hydrogen-bond donors (Lipinski definition) is 1. The van der Waals surface area contributed by atoms with Crippen LogP contribution in [-0.4, -0.2) is 29.9 Å². The predicted molar refractivity (Wildman–Crippen MR) is 62.4 cm³/mol. The molecule has 0 spiro atoms. The minimum absolute atomic E-state index is 0.0875. The van der Waals surface area contributed by atoms with E-state index in [2.05, 4.69) is 13.8 Å². The van der Waals surface area contributed by atoms with Gasteiger partial charge in [0.2, 0.25) is 5.91 Å². The Kier molecular flexibility index (Phi) is 4.58. The molecule has 0 aliphatic carbocycles.